The second-order valence-corrected chi connectivity index (χ2v) is 6.49. The minimum absolute atomic E-state index is 0.238. The summed E-state index contributed by atoms with van der Waals surface area (Å²) in [5, 5.41) is 12.9. The summed E-state index contributed by atoms with van der Waals surface area (Å²) in [4.78, 5) is 4.77. The topological polar surface area (TPSA) is 38.7 Å². The van der Waals surface area contributed by atoms with Gasteiger partial charge in [0.25, 0.3) is 0 Å². The molecule has 0 bridgehead atoms. The molecule has 0 aromatic rings. The lowest BCUT2D eigenvalue weighted by atomic mass is 9.75. The number of aliphatic hydroxyl groups excluding tert-OH is 1. The molecule has 2 aliphatic rings. The van der Waals surface area contributed by atoms with Gasteiger partial charge in [-0.05, 0) is 53.2 Å². The fourth-order valence-corrected chi connectivity index (χ4v) is 3.02. The fraction of sp³-hybridized carbons (Fsp3) is 1.00. The molecule has 0 aromatic heterocycles. The van der Waals surface area contributed by atoms with Gasteiger partial charge in [0.05, 0.1) is 6.61 Å². The predicted molar refractivity (Wildman–Crippen MR) is 74.8 cm³/mol. The summed E-state index contributed by atoms with van der Waals surface area (Å²) < 4.78 is 0. The highest BCUT2D eigenvalue weighted by atomic mass is 16.3. The van der Waals surface area contributed by atoms with E-state index in [1.807, 2.05) is 0 Å². The second kappa shape index (κ2) is 5.87. The molecule has 18 heavy (non-hydrogen) atoms. The first kappa shape index (κ1) is 14.3. The van der Waals surface area contributed by atoms with Crippen LogP contribution in [0.3, 0.4) is 0 Å². The van der Waals surface area contributed by atoms with Gasteiger partial charge in [-0.2, -0.15) is 0 Å². The van der Waals surface area contributed by atoms with Gasteiger partial charge < -0.3 is 20.2 Å². The third-order valence-corrected chi connectivity index (χ3v) is 4.60. The van der Waals surface area contributed by atoms with Crippen LogP contribution in [-0.2, 0) is 0 Å². The van der Waals surface area contributed by atoms with Crippen LogP contribution in [0.25, 0.3) is 0 Å². The van der Waals surface area contributed by atoms with Crippen LogP contribution in [0.4, 0.5) is 0 Å². The molecule has 106 valence electrons. The van der Waals surface area contributed by atoms with E-state index in [0.29, 0.717) is 11.6 Å². The quantitative estimate of drug-likeness (QED) is 0.663. The van der Waals surface area contributed by atoms with Crippen molar-refractivity contribution in [1.82, 2.24) is 15.1 Å². The lowest BCUT2D eigenvalue weighted by molar-refractivity contribution is 0.0236. The van der Waals surface area contributed by atoms with E-state index in [1.54, 1.807) is 0 Å². The largest absolute Gasteiger partial charge is 0.395 e. The van der Waals surface area contributed by atoms with E-state index in [-0.39, 0.29) is 12.6 Å². The molecule has 0 saturated heterocycles. The van der Waals surface area contributed by atoms with Crippen molar-refractivity contribution >= 4 is 0 Å². The summed E-state index contributed by atoms with van der Waals surface area (Å²) in [6.07, 6.45) is 6.54. The van der Waals surface area contributed by atoms with Crippen molar-refractivity contribution < 1.29 is 5.11 Å². The monoisotopic (exact) mass is 255 g/mol. The molecule has 0 radical (unpaired) electrons. The smallest absolute Gasteiger partial charge is 0.0597 e. The molecule has 2 fully saturated rings. The molecule has 0 aromatic carbocycles. The Labute approximate surface area is 111 Å². The Morgan fingerprint density at radius 3 is 2.33 bits per heavy atom. The number of rotatable bonds is 8. The Bertz CT molecular complexity index is 262. The highest BCUT2D eigenvalue weighted by Crippen LogP contribution is 2.36. The van der Waals surface area contributed by atoms with Crippen molar-refractivity contribution in [1.29, 1.82) is 0 Å². The van der Waals surface area contributed by atoms with Crippen molar-refractivity contribution in [3.05, 3.63) is 0 Å². The van der Waals surface area contributed by atoms with Gasteiger partial charge in [0.15, 0.2) is 0 Å². The number of nitrogens with one attached hydrogen (secondary N) is 1. The summed E-state index contributed by atoms with van der Waals surface area (Å²) in [6.45, 7) is 2.31. The van der Waals surface area contributed by atoms with Crippen LogP contribution in [0, 0.1) is 0 Å². The Kier molecular flexibility index (Phi) is 4.64. The van der Waals surface area contributed by atoms with E-state index in [9.17, 15) is 5.11 Å². The molecule has 0 amide bonds. The summed E-state index contributed by atoms with van der Waals surface area (Å²) in [5.41, 5.74) is 0.383. The Morgan fingerprint density at radius 2 is 1.94 bits per heavy atom. The van der Waals surface area contributed by atoms with Crippen molar-refractivity contribution in [2.45, 2.75) is 49.7 Å². The van der Waals surface area contributed by atoms with E-state index in [4.69, 9.17) is 0 Å². The van der Waals surface area contributed by atoms with Gasteiger partial charge >= 0.3 is 0 Å². The molecule has 0 spiro atoms. The van der Waals surface area contributed by atoms with Crippen LogP contribution in [0.2, 0.25) is 0 Å². The highest BCUT2D eigenvalue weighted by molar-refractivity contribution is 4.98. The average Bonchev–Trinajstić information content (AvgIpc) is 3.05. The van der Waals surface area contributed by atoms with Gasteiger partial charge in [-0.1, -0.05) is 0 Å². The zero-order valence-corrected chi connectivity index (χ0v) is 12.2. The fourth-order valence-electron chi connectivity index (χ4n) is 3.02. The van der Waals surface area contributed by atoms with Crippen molar-refractivity contribution in [2.75, 3.05) is 40.8 Å². The minimum atomic E-state index is 0.238. The van der Waals surface area contributed by atoms with Crippen LogP contribution < -0.4 is 5.32 Å². The maximum absolute atomic E-state index is 9.43. The number of aliphatic hydroxyl groups is 1. The Balaban J connectivity index is 1.77. The molecular formula is C14H29N3O. The van der Waals surface area contributed by atoms with Gasteiger partial charge in [0, 0.05) is 30.7 Å². The van der Waals surface area contributed by atoms with E-state index in [0.717, 1.165) is 13.1 Å². The molecule has 2 N–H and O–H groups in total. The number of likely N-dealkylation sites (N-methyl/N-ethyl adjacent to an activating group) is 2. The van der Waals surface area contributed by atoms with Gasteiger partial charge in [-0.3, -0.25) is 0 Å². The highest BCUT2D eigenvalue weighted by Gasteiger charge is 2.40. The van der Waals surface area contributed by atoms with Crippen LogP contribution in [0.5, 0.6) is 0 Å². The standard InChI is InChI=1S/C14H29N3O/c1-16(2)14(7-4-8-14)11-17(3)9-13(10-18)15-12-5-6-12/h12-13,15,18H,4-11H2,1-3H3. The van der Waals surface area contributed by atoms with E-state index in [1.165, 1.54) is 32.1 Å². The maximum Gasteiger partial charge on any atom is 0.0597 e. The Hall–Kier alpha value is -0.160. The molecule has 2 rings (SSSR count). The summed E-state index contributed by atoms with van der Waals surface area (Å²) >= 11 is 0. The van der Waals surface area contributed by atoms with Crippen molar-refractivity contribution in [2.24, 2.45) is 0 Å². The van der Waals surface area contributed by atoms with Crippen molar-refractivity contribution in [3.63, 3.8) is 0 Å². The van der Waals surface area contributed by atoms with Crippen molar-refractivity contribution in [3.8, 4) is 0 Å². The molecule has 1 unspecified atom stereocenters. The zero-order chi connectivity index (χ0) is 13.2. The molecule has 2 saturated carbocycles. The number of nitrogens with zero attached hydrogens (tertiary/aromatic N) is 2. The number of hydrogen-bond donors (Lipinski definition) is 2. The van der Waals surface area contributed by atoms with E-state index in [2.05, 4.69) is 36.3 Å². The summed E-state index contributed by atoms with van der Waals surface area (Å²) in [6, 6.07) is 0.906. The van der Waals surface area contributed by atoms with Gasteiger partial charge in [0.1, 0.15) is 0 Å². The average molecular weight is 255 g/mol. The maximum atomic E-state index is 9.43. The van der Waals surface area contributed by atoms with Crippen LogP contribution >= 0.6 is 0 Å². The molecule has 4 nitrogen and oxygen atoms in total. The molecular weight excluding hydrogens is 226 g/mol. The minimum Gasteiger partial charge on any atom is -0.395 e. The first-order chi connectivity index (χ1) is 8.55. The van der Waals surface area contributed by atoms with E-state index < -0.39 is 0 Å². The van der Waals surface area contributed by atoms with Crippen LogP contribution in [0.15, 0.2) is 0 Å². The predicted octanol–water partition coefficient (Wildman–Crippen LogP) is 0.515. The first-order valence-corrected chi connectivity index (χ1v) is 7.28. The molecule has 2 aliphatic carbocycles. The molecule has 0 heterocycles. The third-order valence-electron chi connectivity index (χ3n) is 4.60. The van der Waals surface area contributed by atoms with Crippen LogP contribution in [0.1, 0.15) is 32.1 Å². The normalized spacial score (nSPS) is 24.3. The summed E-state index contributed by atoms with van der Waals surface area (Å²) in [5.74, 6) is 0. The lowest BCUT2D eigenvalue weighted by Crippen LogP contribution is -2.58. The van der Waals surface area contributed by atoms with Gasteiger partial charge in [-0.15, -0.1) is 0 Å². The molecule has 0 aliphatic heterocycles. The molecule has 1 atom stereocenters. The van der Waals surface area contributed by atoms with Crippen LogP contribution in [-0.4, -0.2) is 73.4 Å². The Morgan fingerprint density at radius 1 is 1.28 bits per heavy atom. The van der Waals surface area contributed by atoms with Gasteiger partial charge in [-0.25, -0.2) is 0 Å². The first-order valence-electron chi connectivity index (χ1n) is 7.28. The second-order valence-electron chi connectivity index (χ2n) is 6.49. The van der Waals surface area contributed by atoms with E-state index >= 15 is 0 Å². The summed E-state index contributed by atoms with van der Waals surface area (Å²) in [7, 11) is 6.57. The zero-order valence-electron chi connectivity index (χ0n) is 12.2. The lowest BCUT2D eigenvalue weighted by Gasteiger charge is -2.49. The third kappa shape index (κ3) is 3.44. The molecule has 4 heteroatoms. The number of hydrogen-bond acceptors (Lipinski definition) is 4. The van der Waals surface area contributed by atoms with Gasteiger partial charge in [0.2, 0.25) is 0 Å². The SMILES string of the molecule is CN(CC(CO)NC1CC1)CC1(N(C)C)CCC1.